The van der Waals surface area contributed by atoms with Gasteiger partial charge < -0.3 is 9.67 Å². The zero-order valence-electron chi connectivity index (χ0n) is 11.1. The summed E-state index contributed by atoms with van der Waals surface area (Å²) in [6, 6.07) is 4.75. The largest absolute Gasteiger partial charge is 0.416 e. The fourth-order valence-electron chi connectivity index (χ4n) is 2.02. The van der Waals surface area contributed by atoms with Crippen LogP contribution >= 0.6 is 0 Å². The first-order valence-corrected chi connectivity index (χ1v) is 6.08. The molecule has 2 rings (SSSR count). The summed E-state index contributed by atoms with van der Waals surface area (Å²) in [5, 5.41) is 10.5. The van der Waals surface area contributed by atoms with Crippen molar-refractivity contribution in [3.05, 3.63) is 53.6 Å². The van der Waals surface area contributed by atoms with Gasteiger partial charge in [0.05, 0.1) is 12.1 Å². The molecule has 0 radical (unpaired) electrons. The highest BCUT2D eigenvalue weighted by Gasteiger charge is 2.33. The summed E-state index contributed by atoms with van der Waals surface area (Å²) in [5.41, 5.74) is -1.95. The molecule has 1 atom stereocenters. The lowest BCUT2D eigenvalue weighted by Gasteiger charge is -2.25. The zero-order chi connectivity index (χ0) is 15.0. The van der Waals surface area contributed by atoms with E-state index in [1.54, 1.807) is 23.9 Å². The van der Waals surface area contributed by atoms with Crippen molar-refractivity contribution in [3.8, 4) is 0 Å². The second-order valence-corrected chi connectivity index (χ2v) is 4.95. The lowest BCUT2D eigenvalue weighted by Crippen LogP contribution is -2.28. The fourth-order valence-corrected chi connectivity index (χ4v) is 2.02. The molecule has 20 heavy (non-hydrogen) atoms. The Balaban J connectivity index is 2.32. The number of benzene rings is 1. The Hall–Kier alpha value is -1.82. The van der Waals surface area contributed by atoms with Crippen LogP contribution in [0.5, 0.6) is 0 Å². The molecule has 1 aromatic heterocycles. The van der Waals surface area contributed by atoms with Gasteiger partial charge in [0, 0.05) is 12.4 Å². The number of halogens is 3. The van der Waals surface area contributed by atoms with Crippen LogP contribution in [0.3, 0.4) is 0 Å². The predicted molar refractivity (Wildman–Crippen MR) is 68.0 cm³/mol. The van der Waals surface area contributed by atoms with Crippen LogP contribution in [0.4, 0.5) is 13.2 Å². The van der Waals surface area contributed by atoms with Crippen molar-refractivity contribution in [1.82, 2.24) is 9.55 Å². The Morgan fingerprint density at radius 2 is 1.90 bits per heavy atom. The molecule has 0 saturated carbocycles. The van der Waals surface area contributed by atoms with Crippen LogP contribution in [0, 0.1) is 6.92 Å². The average molecular weight is 284 g/mol. The summed E-state index contributed by atoms with van der Waals surface area (Å²) in [6.07, 6.45) is -1.16. The molecule has 0 aliphatic carbocycles. The van der Waals surface area contributed by atoms with Crippen LogP contribution in [0.1, 0.15) is 23.9 Å². The summed E-state index contributed by atoms with van der Waals surface area (Å²) in [6.45, 7) is 3.39. The van der Waals surface area contributed by atoms with Gasteiger partial charge in [-0.05, 0) is 31.5 Å². The molecule has 0 saturated heterocycles. The van der Waals surface area contributed by atoms with Gasteiger partial charge >= 0.3 is 6.18 Å². The van der Waals surface area contributed by atoms with Crippen molar-refractivity contribution in [2.45, 2.75) is 32.2 Å². The Kier molecular flexibility index (Phi) is 3.60. The molecule has 0 amide bonds. The Bertz CT molecular complexity index is 602. The number of imidazole rings is 1. The Morgan fingerprint density at radius 1 is 1.25 bits per heavy atom. The Morgan fingerprint density at radius 3 is 2.45 bits per heavy atom. The van der Waals surface area contributed by atoms with E-state index in [0.717, 1.165) is 12.1 Å². The second kappa shape index (κ2) is 4.94. The first-order valence-electron chi connectivity index (χ1n) is 6.08. The topological polar surface area (TPSA) is 38.0 Å². The molecule has 0 spiro atoms. The minimum Gasteiger partial charge on any atom is -0.384 e. The number of rotatable bonds is 3. The first kappa shape index (κ1) is 14.6. The van der Waals surface area contributed by atoms with E-state index in [2.05, 4.69) is 4.98 Å². The van der Waals surface area contributed by atoms with Gasteiger partial charge in [-0.3, -0.25) is 0 Å². The molecule has 1 heterocycles. The van der Waals surface area contributed by atoms with Crippen molar-refractivity contribution in [3.63, 3.8) is 0 Å². The standard InChI is InChI=1S/C14H15F3N2O/c1-10-18-6-7-19(10)9-13(2,20)11-4-3-5-12(8-11)14(15,16)17/h3-8,20H,9H2,1-2H3/t13-/m1/s1. The molecule has 0 bridgehead atoms. The first-order chi connectivity index (χ1) is 9.20. The van der Waals surface area contributed by atoms with Gasteiger partial charge in [0.25, 0.3) is 0 Å². The number of aryl methyl sites for hydroxylation is 1. The number of hydrogen-bond acceptors (Lipinski definition) is 2. The normalized spacial score (nSPS) is 15.1. The summed E-state index contributed by atoms with van der Waals surface area (Å²) in [7, 11) is 0. The van der Waals surface area contributed by atoms with Crippen LogP contribution in [-0.4, -0.2) is 14.7 Å². The van der Waals surface area contributed by atoms with E-state index < -0.39 is 17.3 Å². The van der Waals surface area contributed by atoms with E-state index in [9.17, 15) is 18.3 Å². The number of aliphatic hydroxyl groups is 1. The lowest BCUT2D eigenvalue weighted by atomic mass is 9.94. The minimum absolute atomic E-state index is 0.139. The molecule has 0 fully saturated rings. The predicted octanol–water partition coefficient (Wildman–Crippen LogP) is 3.12. The van der Waals surface area contributed by atoms with Gasteiger partial charge in [-0.25, -0.2) is 4.98 Å². The molecule has 0 unspecified atom stereocenters. The van der Waals surface area contributed by atoms with Gasteiger partial charge in [0.2, 0.25) is 0 Å². The van der Waals surface area contributed by atoms with E-state index in [4.69, 9.17) is 0 Å². The zero-order valence-corrected chi connectivity index (χ0v) is 11.1. The molecular formula is C14H15F3N2O. The molecule has 2 aromatic rings. The summed E-state index contributed by atoms with van der Waals surface area (Å²) < 4.78 is 39.8. The third-order valence-corrected chi connectivity index (χ3v) is 3.21. The SMILES string of the molecule is Cc1nccn1C[C@@](C)(O)c1cccc(C(F)(F)F)c1. The van der Waals surface area contributed by atoms with Crippen molar-refractivity contribution in [2.75, 3.05) is 0 Å². The Labute approximate surface area is 114 Å². The highest BCUT2D eigenvalue weighted by molar-refractivity contribution is 5.29. The highest BCUT2D eigenvalue weighted by Crippen LogP contribution is 2.32. The van der Waals surface area contributed by atoms with Gasteiger partial charge in [-0.15, -0.1) is 0 Å². The smallest absolute Gasteiger partial charge is 0.384 e. The quantitative estimate of drug-likeness (QED) is 0.940. The number of nitrogens with zero attached hydrogens (tertiary/aromatic N) is 2. The molecular weight excluding hydrogens is 269 g/mol. The monoisotopic (exact) mass is 284 g/mol. The minimum atomic E-state index is -4.42. The van der Waals surface area contributed by atoms with Crippen molar-refractivity contribution in [2.24, 2.45) is 0 Å². The molecule has 0 aliphatic rings. The van der Waals surface area contributed by atoms with Crippen LogP contribution in [0.15, 0.2) is 36.7 Å². The van der Waals surface area contributed by atoms with Gasteiger partial charge in [-0.2, -0.15) is 13.2 Å². The van der Waals surface area contributed by atoms with Crippen LogP contribution in [0.2, 0.25) is 0 Å². The molecule has 1 N–H and O–H groups in total. The second-order valence-electron chi connectivity index (χ2n) is 4.95. The van der Waals surface area contributed by atoms with Crippen LogP contribution < -0.4 is 0 Å². The van der Waals surface area contributed by atoms with Gasteiger partial charge in [-0.1, -0.05) is 12.1 Å². The average Bonchev–Trinajstić information content (AvgIpc) is 2.73. The molecule has 1 aromatic carbocycles. The van der Waals surface area contributed by atoms with Crippen molar-refractivity contribution >= 4 is 0 Å². The molecule has 3 nitrogen and oxygen atoms in total. The highest BCUT2D eigenvalue weighted by atomic mass is 19.4. The number of aromatic nitrogens is 2. The van der Waals surface area contributed by atoms with E-state index >= 15 is 0 Å². The van der Waals surface area contributed by atoms with Crippen LogP contribution in [0.25, 0.3) is 0 Å². The van der Waals surface area contributed by atoms with Gasteiger partial charge in [0.1, 0.15) is 11.4 Å². The molecule has 6 heteroatoms. The van der Waals surface area contributed by atoms with Crippen molar-refractivity contribution in [1.29, 1.82) is 0 Å². The summed E-state index contributed by atoms with van der Waals surface area (Å²) in [4.78, 5) is 4.02. The summed E-state index contributed by atoms with van der Waals surface area (Å²) >= 11 is 0. The van der Waals surface area contributed by atoms with E-state index in [0.29, 0.717) is 5.82 Å². The number of alkyl halides is 3. The van der Waals surface area contributed by atoms with E-state index in [1.165, 1.54) is 19.1 Å². The fraction of sp³-hybridized carbons (Fsp3) is 0.357. The summed E-state index contributed by atoms with van der Waals surface area (Å²) in [5.74, 6) is 0.692. The third-order valence-electron chi connectivity index (χ3n) is 3.21. The maximum Gasteiger partial charge on any atom is 0.416 e. The molecule has 108 valence electrons. The number of hydrogen-bond donors (Lipinski definition) is 1. The van der Waals surface area contributed by atoms with Crippen LogP contribution in [-0.2, 0) is 18.3 Å². The maximum absolute atomic E-state index is 12.7. The van der Waals surface area contributed by atoms with Crippen molar-refractivity contribution < 1.29 is 18.3 Å². The molecule has 0 aliphatic heterocycles. The van der Waals surface area contributed by atoms with E-state index in [1.807, 2.05) is 0 Å². The maximum atomic E-state index is 12.7. The van der Waals surface area contributed by atoms with E-state index in [-0.39, 0.29) is 12.1 Å². The lowest BCUT2D eigenvalue weighted by molar-refractivity contribution is -0.137. The van der Waals surface area contributed by atoms with Gasteiger partial charge in [0.15, 0.2) is 0 Å². The third kappa shape index (κ3) is 3.01.